The molecule has 2 aliphatic rings. The fourth-order valence-electron chi connectivity index (χ4n) is 2.74. The van der Waals surface area contributed by atoms with Crippen LogP contribution in [0.5, 0.6) is 0 Å². The maximum absolute atomic E-state index is 12.0. The van der Waals surface area contributed by atoms with Crippen molar-refractivity contribution in [2.75, 3.05) is 66.1 Å². The third kappa shape index (κ3) is 5.01. The SMILES string of the molecule is COCCNCC(=O)N1CCN(CC2CCCO2)CC1. The number of rotatable bonds is 7. The van der Waals surface area contributed by atoms with Gasteiger partial charge in [0.1, 0.15) is 0 Å². The lowest BCUT2D eigenvalue weighted by atomic mass is 10.2. The Morgan fingerprint density at radius 1 is 1.35 bits per heavy atom. The molecule has 2 rings (SSSR count). The van der Waals surface area contributed by atoms with E-state index in [1.54, 1.807) is 7.11 Å². The first kappa shape index (κ1) is 15.7. The van der Waals surface area contributed by atoms with Crippen molar-refractivity contribution in [1.82, 2.24) is 15.1 Å². The van der Waals surface area contributed by atoms with Gasteiger partial charge in [-0.1, -0.05) is 0 Å². The van der Waals surface area contributed by atoms with Gasteiger partial charge in [-0.05, 0) is 12.8 Å². The number of nitrogens with one attached hydrogen (secondary N) is 1. The molecule has 0 aromatic carbocycles. The molecule has 1 N–H and O–H groups in total. The molecule has 6 heteroatoms. The summed E-state index contributed by atoms with van der Waals surface area (Å²) in [5, 5.41) is 3.10. The van der Waals surface area contributed by atoms with Gasteiger partial charge in [0.05, 0.1) is 19.3 Å². The van der Waals surface area contributed by atoms with Gasteiger partial charge in [0.25, 0.3) is 0 Å². The average Bonchev–Trinajstić information content (AvgIpc) is 2.97. The number of piperazine rings is 1. The smallest absolute Gasteiger partial charge is 0.236 e. The second-order valence-electron chi connectivity index (χ2n) is 5.49. The minimum Gasteiger partial charge on any atom is -0.383 e. The summed E-state index contributed by atoms with van der Waals surface area (Å²) in [6, 6.07) is 0. The number of carbonyl (C=O) groups excluding carboxylic acids is 1. The van der Waals surface area contributed by atoms with Crippen LogP contribution in [0.4, 0.5) is 0 Å². The topological polar surface area (TPSA) is 54.0 Å². The van der Waals surface area contributed by atoms with Gasteiger partial charge in [-0.2, -0.15) is 0 Å². The van der Waals surface area contributed by atoms with Gasteiger partial charge >= 0.3 is 0 Å². The zero-order valence-corrected chi connectivity index (χ0v) is 12.5. The van der Waals surface area contributed by atoms with E-state index in [-0.39, 0.29) is 5.91 Å². The van der Waals surface area contributed by atoms with Crippen molar-refractivity contribution in [2.45, 2.75) is 18.9 Å². The zero-order valence-electron chi connectivity index (χ0n) is 12.5. The maximum Gasteiger partial charge on any atom is 0.236 e. The minimum absolute atomic E-state index is 0.192. The molecule has 0 spiro atoms. The predicted octanol–water partition coefficient (Wildman–Crippen LogP) is -0.454. The summed E-state index contributed by atoms with van der Waals surface area (Å²) >= 11 is 0. The highest BCUT2D eigenvalue weighted by atomic mass is 16.5. The Bertz CT molecular complexity index is 287. The van der Waals surface area contributed by atoms with Gasteiger partial charge in [-0.15, -0.1) is 0 Å². The molecule has 1 atom stereocenters. The van der Waals surface area contributed by atoms with Gasteiger partial charge in [-0.25, -0.2) is 0 Å². The fraction of sp³-hybridized carbons (Fsp3) is 0.929. The van der Waals surface area contributed by atoms with Gasteiger partial charge in [0, 0.05) is 53.0 Å². The second-order valence-corrected chi connectivity index (χ2v) is 5.49. The van der Waals surface area contributed by atoms with Crippen LogP contribution < -0.4 is 5.32 Å². The van der Waals surface area contributed by atoms with Crippen LogP contribution in [0.1, 0.15) is 12.8 Å². The number of hydrogen-bond acceptors (Lipinski definition) is 5. The zero-order chi connectivity index (χ0) is 14.2. The maximum atomic E-state index is 12.0. The largest absolute Gasteiger partial charge is 0.383 e. The van der Waals surface area contributed by atoms with Crippen LogP contribution in [0.15, 0.2) is 0 Å². The van der Waals surface area contributed by atoms with Crippen molar-refractivity contribution in [2.24, 2.45) is 0 Å². The van der Waals surface area contributed by atoms with E-state index in [0.29, 0.717) is 19.3 Å². The molecule has 0 aromatic rings. The van der Waals surface area contributed by atoms with E-state index in [1.807, 2.05) is 4.90 Å². The molecule has 2 heterocycles. The Morgan fingerprint density at radius 2 is 2.15 bits per heavy atom. The molecule has 2 fully saturated rings. The molecule has 0 radical (unpaired) electrons. The van der Waals surface area contributed by atoms with E-state index in [1.165, 1.54) is 12.8 Å². The molecule has 2 aliphatic heterocycles. The van der Waals surface area contributed by atoms with Gasteiger partial charge < -0.3 is 19.7 Å². The summed E-state index contributed by atoms with van der Waals surface area (Å²) in [5.41, 5.74) is 0. The number of nitrogens with zero attached hydrogens (tertiary/aromatic N) is 2. The van der Waals surface area contributed by atoms with E-state index in [9.17, 15) is 4.79 Å². The van der Waals surface area contributed by atoms with Crippen LogP contribution in [0.25, 0.3) is 0 Å². The van der Waals surface area contributed by atoms with Crippen LogP contribution in [0, 0.1) is 0 Å². The Morgan fingerprint density at radius 3 is 2.80 bits per heavy atom. The molecule has 0 saturated carbocycles. The highest BCUT2D eigenvalue weighted by Crippen LogP contribution is 2.14. The molecule has 1 unspecified atom stereocenters. The van der Waals surface area contributed by atoms with Crippen molar-refractivity contribution in [3.05, 3.63) is 0 Å². The van der Waals surface area contributed by atoms with E-state index >= 15 is 0 Å². The first-order valence-corrected chi connectivity index (χ1v) is 7.61. The summed E-state index contributed by atoms with van der Waals surface area (Å²) in [7, 11) is 1.66. The molecule has 2 saturated heterocycles. The third-order valence-corrected chi connectivity index (χ3v) is 3.97. The summed E-state index contributed by atoms with van der Waals surface area (Å²) in [6.07, 6.45) is 2.78. The first-order valence-electron chi connectivity index (χ1n) is 7.61. The minimum atomic E-state index is 0.192. The Hall–Kier alpha value is -0.690. The van der Waals surface area contributed by atoms with Crippen molar-refractivity contribution < 1.29 is 14.3 Å². The van der Waals surface area contributed by atoms with Gasteiger partial charge in [0.2, 0.25) is 5.91 Å². The van der Waals surface area contributed by atoms with Crippen LogP contribution in [-0.4, -0.2) is 87.9 Å². The Kier molecular flexibility index (Phi) is 6.72. The van der Waals surface area contributed by atoms with E-state index in [4.69, 9.17) is 9.47 Å². The fourth-order valence-corrected chi connectivity index (χ4v) is 2.74. The lowest BCUT2D eigenvalue weighted by Gasteiger charge is -2.35. The van der Waals surface area contributed by atoms with Crippen LogP contribution in [0.2, 0.25) is 0 Å². The lowest BCUT2D eigenvalue weighted by molar-refractivity contribution is -0.132. The van der Waals surface area contributed by atoms with E-state index < -0.39 is 0 Å². The van der Waals surface area contributed by atoms with E-state index in [2.05, 4.69) is 10.2 Å². The molecule has 0 aliphatic carbocycles. The standard InChI is InChI=1S/C14H27N3O3/c1-19-10-4-15-11-14(18)17-7-5-16(6-8-17)12-13-3-2-9-20-13/h13,15H,2-12H2,1H3. The number of methoxy groups -OCH3 is 1. The number of carbonyl (C=O) groups is 1. The molecule has 116 valence electrons. The molecule has 0 aromatic heterocycles. The molecule has 20 heavy (non-hydrogen) atoms. The summed E-state index contributed by atoms with van der Waals surface area (Å²) in [6.45, 7) is 7.30. The lowest BCUT2D eigenvalue weighted by Crippen LogP contribution is -2.52. The highest BCUT2D eigenvalue weighted by molar-refractivity contribution is 5.78. The van der Waals surface area contributed by atoms with Crippen molar-refractivity contribution in [3.63, 3.8) is 0 Å². The van der Waals surface area contributed by atoms with Crippen molar-refractivity contribution in [1.29, 1.82) is 0 Å². The normalized spacial score (nSPS) is 24.2. The number of hydrogen-bond donors (Lipinski definition) is 1. The molecular formula is C14H27N3O3. The molecule has 1 amide bonds. The summed E-state index contributed by atoms with van der Waals surface area (Å²) < 4.78 is 10.6. The summed E-state index contributed by atoms with van der Waals surface area (Å²) in [5.74, 6) is 0.192. The predicted molar refractivity (Wildman–Crippen MR) is 76.7 cm³/mol. The van der Waals surface area contributed by atoms with Gasteiger partial charge in [-0.3, -0.25) is 9.69 Å². The Labute approximate surface area is 121 Å². The average molecular weight is 285 g/mol. The Balaban J connectivity index is 1.59. The number of ether oxygens (including phenoxy) is 2. The van der Waals surface area contributed by atoms with Crippen LogP contribution in [-0.2, 0) is 14.3 Å². The van der Waals surface area contributed by atoms with E-state index in [0.717, 1.165) is 45.9 Å². The van der Waals surface area contributed by atoms with Crippen LogP contribution in [0.3, 0.4) is 0 Å². The van der Waals surface area contributed by atoms with Crippen molar-refractivity contribution in [3.8, 4) is 0 Å². The van der Waals surface area contributed by atoms with Gasteiger partial charge in [0.15, 0.2) is 0 Å². The second kappa shape index (κ2) is 8.56. The van der Waals surface area contributed by atoms with Crippen molar-refractivity contribution >= 4 is 5.91 Å². The quantitative estimate of drug-likeness (QED) is 0.642. The third-order valence-electron chi connectivity index (χ3n) is 3.97. The first-order chi connectivity index (χ1) is 9.79. The monoisotopic (exact) mass is 285 g/mol. The molecular weight excluding hydrogens is 258 g/mol. The van der Waals surface area contributed by atoms with Crippen LogP contribution >= 0.6 is 0 Å². The molecule has 0 bridgehead atoms. The highest BCUT2D eigenvalue weighted by Gasteiger charge is 2.24. The number of amides is 1. The molecule has 6 nitrogen and oxygen atoms in total. The summed E-state index contributed by atoms with van der Waals surface area (Å²) in [4.78, 5) is 16.4.